The lowest BCUT2D eigenvalue weighted by atomic mass is 10.1. The molecular weight excluding hydrogens is 328 g/mol. The van der Waals surface area contributed by atoms with Crippen LogP contribution < -0.4 is 0 Å². The van der Waals surface area contributed by atoms with E-state index in [1.807, 2.05) is 6.92 Å². The van der Waals surface area contributed by atoms with Crippen molar-refractivity contribution in [2.75, 3.05) is 5.75 Å². The van der Waals surface area contributed by atoms with E-state index >= 15 is 0 Å². The van der Waals surface area contributed by atoms with E-state index in [9.17, 15) is 9.32 Å². The molecule has 0 aliphatic rings. The topological polar surface area (TPSA) is 37.3 Å². The molecule has 0 aromatic carbocycles. The van der Waals surface area contributed by atoms with Crippen LogP contribution in [0.3, 0.4) is 0 Å². The second-order valence-corrected chi connectivity index (χ2v) is 9.52. The number of hydrogen-bond donors (Lipinski definition) is 1. The number of aliphatic hydroxyl groups excluding tert-OH is 1. The Morgan fingerprint density at radius 1 is 0.680 bits per heavy atom. The van der Waals surface area contributed by atoms with E-state index < -0.39 is 16.9 Å². The van der Waals surface area contributed by atoms with E-state index in [2.05, 4.69) is 13.8 Å². The monoisotopic (exact) mass is 374 g/mol. The molecule has 0 bridgehead atoms. The van der Waals surface area contributed by atoms with Gasteiger partial charge in [0, 0.05) is 16.6 Å². The predicted octanol–water partition coefficient (Wildman–Crippen LogP) is 6.77. The first-order valence-corrected chi connectivity index (χ1v) is 12.6. The van der Waals surface area contributed by atoms with E-state index in [1.54, 1.807) is 0 Å². The lowest BCUT2D eigenvalue weighted by Crippen LogP contribution is -2.29. The molecule has 152 valence electrons. The Morgan fingerprint density at radius 2 is 1.08 bits per heavy atom. The van der Waals surface area contributed by atoms with Gasteiger partial charge >= 0.3 is 0 Å². The standard InChI is InChI=1S/C22H46O2S/c1-4-6-8-10-11-12-13-14-16-18-20-25(24)22(21(3)23)19-17-15-9-7-5-2/h21-23H,4-20H2,1-3H3. The minimum absolute atomic E-state index is 0.0137. The van der Waals surface area contributed by atoms with Gasteiger partial charge in [0.15, 0.2) is 0 Å². The Bertz CT molecular complexity index is 292. The summed E-state index contributed by atoms with van der Waals surface area (Å²) in [6.45, 7) is 6.30. The maximum absolute atomic E-state index is 12.5. The van der Waals surface area contributed by atoms with Crippen molar-refractivity contribution in [1.82, 2.24) is 0 Å². The van der Waals surface area contributed by atoms with Crippen molar-refractivity contribution >= 4 is 10.8 Å². The molecule has 0 aliphatic carbocycles. The molecule has 3 atom stereocenters. The third kappa shape index (κ3) is 16.0. The van der Waals surface area contributed by atoms with Crippen molar-refractivity contribution in [2.45, 2.75) is 135 Å². The van der Waals surface area contributed by atoms with Crippen LogP contribution in [0, 0.1) is 0 Å². The van der Waals surface area contributed by atoms with Gasteiger partial charge in [-0.3, -0.25) is 4.21 Å². The fourth-order valence-electron chi connectivity index (χ4n) is 3.42. The Labute approximate surface area is 161 Å². The summed E-state index contributed by atoms with van der Waals surface area (Å²) in [5, 5.41) is 9.94. The van der Waals surface area contributed by atoms with Crippen LogP contribution in [0.1, 0.15) is 124 Å². The minimum Gasteiger partial charge on any atom is -0.392 e. The van der Waals surface area contributed by atoms with E-state index in [4.69, 9.17) is 0 Å². The highest BCUT2D eigenvalue weighted by Crippen LogP contribution is 2.16. The van der Waals surface area contributed by atoms with Gasteiger partial charge in [-0.1, -0.05) is 104 Å². The molecule has 0 rings (SSSR count). The van der Waals surface area contributed by atoms with Crippen LogP contribution in [0.15, 0.2) is 0 Å². The first-order chi connectivity index (χ1) is 12.1. The lowest BCUT2D eigenvalue weighted by molar-refractivity contribution is 0.184. The number of unbranched alkanes of at least 4 members (excludes halogenated alkanes) is 13. The zero-order valence-corrected chi connectivity index (χ0v) is 18.3. The molecule has 3 heteroatoms. The second-order valence-electron chi connectivity index (χ2n) is 7.75. The molecule has 2 nitrogen and oxygen atoms in total. The van der Waals surface area contributed by atoms with Gasteiger partial charge < -0.3 is 5.11 Å². The maximum Gasteiger partial charge on any atom is 0.0655 e. The fraction of sp³-hybridized carbons (Fsp3) is 1.00. The van der Waals surface area contributed by atoms with Gasteiger partial charge in [0.25, 0.3) is 0 Å². The highest BCUT2D eigenvalue weighted by atomic mass is 32.2. The Morgan fingerprint density at radius 3 is 1.52 bits per heavy atom. The summed E-state index contributed by atoms with van der Waals surface area (Å²) in [5.74, 6) is 0.779. The quantitative estimate of drug-likeness (QED) is 0.253. The zero-order valence-electron chi connectivity index (χ0n) is 17.4. The molecule has 3 unspecified atom stereocenters. The van der Waals surface area contributed by atoms with Gasteiger partial charge in [-0.05, 0) is 19.8 Å². The summed E-state index contributed by atoms with van der Waals surface area (Å²) >= 11 is 0. The van der Waals surface area contributed by atoms with Crippen LogP contribution >= 0.6 is 0 Å². The molecule has 1 N–H and O–H groups in total. The number of rotatable bonds is 19. The maximum atomic E-state index is 12.5. The number of aliphatic hydroxyl groups is 1. The first kappa shape index (κ1) is 25.1. The van der Waals surface area contributed by atoms with Crippen LogP contribution in [0.5, 0.6) is 0 Å². The third-order valence-corrected chi connectivity index (χ3v) is 7.16. The van der Waals surface area contributed by atoms with Crippen LogP contribution in [0.25, 0.3) is 0 Å². The average Bonchev–Trinajstić information content (AvgIpc) is 2.59. The molecule has 0 radical (unpaired) electrons. The lowest BCUT2D eigenvalue weighted by Gasteiger charge is -2.19. The summed E-state index contributed by atoms with van der Waals surface area (Å²) in [7, 11) is -0.858. The SMILES string of the molecule is CCCCCCCCCCCCS(=O)C(CCCCCCC)C(C)O. The Balaban J connectivity index is 3.64. The molecule has 0 aromatic rings. The highest BCUT2D eigenvalue weighted by Gasteiger charge is 2.21. The predicted molar refractivity (Wildman–Crippen MR) is 114 cm³/mol. The first-order valence-electron chi connectivity index (χ1n) is 11.2. The van der Waals surface area contributed by atoms with Crippen molar-refractivity contribution in [3.05, 3.63) is 0 Å². The molecule has 0 aliphatic heterocycles. The Kier molecular flexibility index (Phi) is 19.0. The summed E-state index contributed by atoms with van der Waals surface area (Å²) in [4.78, 5) is 0. The molecule has 0 saturated carbocycles. The zero-order chi connectivity index (χ0) is 18.8. The van der Waals surface area contributed by atoms with Gasteiger partial charge in [-0.25, -0.2) is 0 Å². The van der Waals surface area contributed by atoms with Crippen molar-refractivity contribution in [3.8, 4) is 0 Å². The summed E-state index contributed by atoms with van der Waals surface area (Å²) in [6.07, 6.45) is 19.7. The molecule has 0 amide bonds. The summed E-state index contributed by atoms with van der Waals surface area (Å²) < 4.78 is 12.5. The van der Waals surface area contributed by atoms with Gasteiger partial charge in [0.2, 0.25) is 0 Å². The third-order valence-electron chi connectivity index (χ3n) is 5.17. The van der Waals surface area contributed by atoms with Gasteiger partial charge in [0.05, 0.1) is 11.4 Å². The molecule has 0 spiro atoms. The second kappa shape index (κ2) is 18.9. The van der Waals surface area contributed by atoms with E-state index in [-0.39, 0.29) is 5.25 Å². The van der Waals surface area contributed by atoms with Crippen LogP contribution in [-0.2, 0) is 10.8 Å². The van der Waals surface area contributed by atoms with Crippen molar-refractivity contribution in [1.29, 1.82) is 0 Å². The van der Waals surface area contributed by atoms with E-state index in [0.717, 1.165) is 25.0 Å². The normalized spacial score (nSPS) is 15.2. The molecule has 0 heterocycles. The van der Waals surface area contributed by atoms with Crippen molar-refractivity contribution in [2.24, 2.45) is 0 Å². The largest absolute Gasteiger partial charge is 0.392 e. The highest BCUT2D eigenvalue weighted by molar-refractivity contribution is 7.85. The smallest absolute Gasteiger partial charge is 0.0655 e. The molecule has 25 heavy (non-hydrogen) atoms. The molecule has 0 saturated heterocycles. The van der Waals surface area contributed by atoms with E-state index in [0.29, 0.717) is 0 Å². The van der Waals surface area contributed by atoms with Crippen LogP contribution in [-0.4, -0.2) is 26.4 Å². The molecule has 0 fully saturated rings. The summed E-state index contributed by atoms with van der Waals surface area (Å²) in [6, 6.07) is 0. The average molecular weight is 375 g/mol. The van der Waals surface area contributed by atoms with Gasteiger partial charge in [-0.2, -0.15) is 0 Å². The van der Waals surface area contributed by atoms with Crippen molar-refractivity contribution in [3.63, 3.8) is 0 Å². The van der Waals surface area contributed by atoms with Crippen LogP contribution in [0.2, 0.25) is 0 Å². The van der Waals surface area contributed by atoms with E-state index in [1.165, 1.54) is 83.5 Å². The fourth-order valence-corrected chi connectivity index (χ4v) is 5.08. The molecule has 0 aromatic heterocycles. The van der Waals surface area contributed by atoms with Gasteiger partial charge in [-0.15, -0.1) is 0 Å². The molecular formula is C22H46O2S. The van der Waals surface area contributed by atoms with Crippen LogP contribution in [0.4, 0.5) is 0 Å². The summed E-state index contributed by atoms with van der Waals surface area (Å²) in [5.41, 5.74) is 0. The minimum atomic E-state index is -0.858. The Hall–Kier alpha value is 0.110. The number of hydrogen-bond acceptors (Lipinski definition) is 2. The van der Waals surface area contributed by atoms with Crippen molar-refractivity contribution < 1.29 is 9.32 Å². The van der Waals surface area contributed by atoms with Gasteiger partial charge in [0.1, 0.15) is 0 Å².